The molecule has 0 aliphatic heterocycles. The summed E-state index contributed by atoms with van der Waals surface area (Å²) in [4.78, 5) is 9.00. The Labute approximate surface area is 125 Å². The van der Waals surface area contributed by atoms with Crippen LogP contribution in [0, 0.1) is 0 Å². The maximum Gasteiger partial charge on any atom is 0.208 e. The van der Waals surface area contributed by atoms with Crippen molar-refractivity contribution in [1.82, 2.24) is 30.4 Å². The van der Waals surface area contributed by atoms with Gasteiger partial charge in [0.2, 0.25) is 10.3 Å². The van der Waals surface area contributed by atoms with Crippen molar-refractivity contribution in [3.63, 3.8) is 0 Å². The normalized spacial score (nSPS) is 18.6. The minimum Gasteiger partial charge on any atom is -0.262 e. The zero-order valence-electron chi connectivity index (χ0n) is 11.0. The number of H-pyrrole nitrogens is 2. The Bertz CT molecular complexity index is 534. The predicted octanol–water partition coefficient (Wildman–Crippen LogP) is 2.56. The van der Waals surface area contributed by atoms with Crippen LogP contribution in [0.3, 0.4) is 0 Å². The SMILES string of the molecule is C(CSc1n[nH]c(C2CC2)n1)Sc1n[nH]c(C2CC2)n1. The number of hydrogen-bond acceptors (Lipinski definition) is 6. The summed E-state index contributed by atoms with van der Waals surface area (Å²) in [5, 5.41) is 16.3. The highest BCUT2D eigenvalue weighted by molar-refractivity contribution is 8.02. The molecule has 2 aliphatic rings. The zero-order valence-corrected chi connectivity index (χ0v) is 12.6. The lowest BCUT2D eigenvalue weighted by Gasteiger charge is -1.94. The fourth-order valence-electron chi connectivity index (χ4n) is 1.99. The number of nitrogens with zero attached hydrogens (tertiary/aromatic N) is 4. The van der Waals surface area contributed by atoms with Gasteiger partial charge in [-0.1, -0.05) is 23.5 Å². The second-order valence-corrected chi connectivity index (χ2v) is 7.38. The lowest BCUT2D eigenvalue weighted by atomic mass is 10.4. The van der Waals surface area contributed by atoms with Gasteiger partial charge in [0.05, 0.1) is 0 Å². The molecule has 2 aliphatic carbocycles. The molecule has 0 atom stereocenters. The molecule has 0 saturated heterocycles. The highest BCUT2D eigenvalue weighted by atomic mass is 32.2. The molecule has 20 heavy (non-hydrogen) atoms. The molecule has 0 bridgehead atoms. The van der Waals surface area contributed by atoms with Crippen molar-refractivity contribution in [2.24, 2.45) is 0 Å². The molecule has 2 aromatic rings. The van der Waals surface area contributed by atoms with Gasteiger partial charge in [0.15, 0.2) is 0 Å². The number of rotatable bonds is 7. The van der Waals surface area contributed by atoms with E-state index in [9.17, 15) is 0 Å². The quantitative estimate of drug-likeness (QED) is 0.604. The highest BCUT2D eigenvalue weighted by Gasteiger charge is 2.27. The Morgan fingerprint density at radius 1 is 0.800 bits per heavy atom. The smallest absolute Gasteiger partial charge is 0.208 e. The first-order valence-corrected chi connectivity index (χ1v) is 8.96. The van der Waals surface area contributed by atoms with Gasteiger partial charge >= 0.3 is 0 Å². The molecule has 0 radical (unpaired) electrons. The topological polar surface area (TPSA) is 83.1 Å². The second kappa shape index (κ2) is 5.40. The molecule has 106 valence electrons. The van der Waals surface area contributed by atoms with Crippen molar-refractivity contribution in [1.29, 1.82) is 0 Å². The lowest BCUT2D eigenvalue weighted by Crippen LogP contribution is -1.87. The minimum atomic E-state index is 0.639. The molecule has 2 aromatic heterocycles. The molecule has 2 heterocycles. The molecular weight excluding hydrogens is 292 g/mol. The third-order valence-electron chi connectivity index (χ3n) is 3.44. The van der Waals surface area contributed by atoms with Crippen molar-refractivity contribution in [2.75, 3.05) is 11.5 Å². The number of thioether (sulfide) groups is 2. The van der Waals surface area contributed by atoms with E-state index in [0.717, 1.165) is 33.5 Å². The Morgan fingerprint density at radius 2 is 1.25 bits per heavy atom. The standard InChI is InChI=1S/C12H16N6S2/c1-2-7(1)9-13-11(17-15-9)19-5-6-20-12-14-10(16-18-12)8-3-4-8/h7-8H,1-6H2,(H,13,15,17)(H,14,16,18). The summed E-state index contributed by atoms with van der Waals surface area (Å²) < 4.78 is 0. The van der Waals surface area contributed by atoms with Gasteiger partial charge < -0.3 is 0 Å². The second-order valence-electron chi connectivity index (χ2n) is 5.25. The summed E-state index contributed by atoms with van der Waals surface area (Å²) in [7, 11) is 0. The van der Waals surface area contributed by atoms with Gasteiger partial charge in [-0.3, -0.25) is 10.2 Å². The van der Waals surface area contributed by atoms with Gasteiger partial charge in [-0.05, 0) is 25.7 Å². The van der Waals surface area contributed by atoms with Crippen molar-refractivity contribution in [3.05, 3.63) is 11.6 Å². The van der Waals surface area contributed by atoms with Crippen LogP contribution in [-0.4, -0.2) is 41.9 Å². The fraction of sp³-hybridized carbons (Fsp3) is 0.667. The summed E-state index contributed by atoms with van der Waals surface area (Å²) in [6, 6.07) is 0. The van der Waals surface area contributed by atoms with E-state index in [2.05, 4.69) is 30.4 Å². The Kier molecular flexibility index (Phi) is 3.43. The number of aromatic nitrogens is 6. The molecule has 0 spiro atoms. The van der Waals surface area contributed by atoms with Crippen LogP contribution >= 0.6 is 23.5 Å². The van der Waals surface area contributed by atoms with Crippen molar-refractivity contribution in [3.8, 4) is 0 Å². The molecule has 2 saturated carbocycles. The van der Waals surface area contributed by atoms with E-state index in [0.29, 0.717) is 11.8 Å². The summed E-state index contributed by atoms with van der Waals surface area (Å²) in [5.74, 6) is 5.34. The highest BCUT2D eigenvalue weighted by Crippen LogP contribution is 2.39. The fourth-order valence-corrected chi connectivity index (χ4v) is 3.57. The van der Waals surface area contributed by atoms with Gasteiger partial charge in [-0.25, -0.2) is 9.97 Å². The Balaban J connectivity index is 1.21. The minimum absolute atomic E-state index is 0.639. The van der Waals surface area contributed by atoms with E-state index in [1.807, 2.05) is 0 Å². The third-order valence-corrected chi connectivity index (χ3v) is 5.39. The first-order valence-electron chi connectivity index (χ1n) is 6.98. The maximum absolute atomic E-state index is 4.50. The summed E-state index contributed by atoms with van der Waals surface area (Å²) in [6.07, 6.45) is 5.01. The van der Waals surface area contributed by atoms with E-state index in [4.69, 9.17) is 0 Å². The van der Waals surface area contributed by atoms with Crippen LogP contribution in [-0.2, 0) is 0 Å². The van der Waals surface area contributed by atoms with Crippen LogP contribution in [0.4, 0.5) is 0 Å². The van der Waals surface area contributed by atoms with Crippen molar-refractivity contribution >= 4 is 23.5 Å². The molecule has 0 amide bonds. The zero-order chi connectivity index (χ0) is 13.4. The van der Waals surface area contributed by atoms with Crippen LogP contribution in [0.15, 0.2) is 10.3 Å². The molecule has 0 aromatic carbocycles. The van der Waals surface area contributed by atoms with Crippen LogP contribution in [0.25, 0.3) is 0 Å². The number of aromatic amines is 2. The largest absolute Gasteiger partial charge is 0.262 e. The molecule has 4 rings (SSSR count). The average Bonchev–Trinajstić information content (AvgIpc) is 3.39. The number of hydrogen-bond donors (Lipinski definition) is 2. The van der Waals surface area contributed by atoms with E-state index in [1.54, 1.807) is 23.5 Å². The van der Waals surface area contributed by atoms with Crippen LogP contribution < -0.4 is 0 Å². The van der Waals surface area contributed by atoms with Gasteiger partial charge in [0.1, 0.15) is 11.6 Å². The van der Waals surface area contributed by atoms with Crippen LogP contribution in [0.5, 0.6) is 0 Å². The number of nitrogens with one attached hydrogen (secondary N) is 2. The molecule has 6 nitrogen and oxygen atoms in total. The van der Waals surface area contributed by atoms with Crippen molar-refractivity contribution in [2.45, 2.75) is 47.8 Å². The van der Waals surface area contributed by atoms with Crippen LogP contribution in [0.1, 0.15) is 49.2 Å². The maximum atomic E-state index is 4.50. The van der Waals surface area contributed by atoms with Gasteiger partial charge in [-0.15, -0.1) is 10.2 Å². The third kappa shape index (κ3) is 3.01. The Morgan fingerprint density at radius 3 is 1.65 bits per heavy atom. The summed E-state index contributed by atoms with van der Waals surface area (Å²) >= 11 is 3.38. The Hall–Kier alpha value is -1.02. The predicted molar refractivity (Wildman–Crippen MR) is 78.2 cm³/mol. The first kappa shape index (κ1) is 12.7. The monoisotopic (exact) mass is 308 g/mol. The van der Waals surface area contributed by atoms with E-state index in [1.165, 1.54) is 25.7 Å². The molecule has 2 N–H and O–H groups in total. The molecule has 0 unspecified atom stereocenters. The summed E-state index contributed by atoms with van der Waals surface area (Å²) in [6.45, 7) is 0. The van der Waals surface area contributed by atoms with Gasteiger partial charge in [-0.2, -0.15) is 0 Å². The molecule has 2 fully saturated rings. The van der Waals surface area contributed by atoms with E-state index < -0.39 is 0 Å². The molecule has 8 heteroatoms. The van der Waals surface area contributed by atoms with Crippen LogP contribution in [0.2, 0.25) is 0 Å². The van der Waals surface area contributed by atoms with Gasteiger partial charge in [0.25, 0.3) is 0 Å². The lowest BCUT2D eigenvalue weighted by molar-refractivity contribution is 0.932. The van der Waals surface area contributed by atoms with Crippen molar-refractivity contribution < 1.29 is 0 Å². The average molecular weight is 308 g/mol. The first-order chi connectivity index (χ1) is 9.88. The van der Waals surface area contributed by atoms with E-state index >= 15 is 0 Å². The van der Waals surface area contributed by atoms with Gasteiger partial charge in [0, 0.05) is 23.3 Å². The van der Waals surface area contributed by atoms with E-state index in [-0.39, 0.29) is 0 Å². The summed E-state index contributed by atoms with van der Waals surface area (Å²) in [5.41, 5.74) is 0. The molecular formula is C12H16N6S2.